The quantitative estimate of drug-likeness (QED) is 0.850. The molecule has 3 rings (SSSR count). The maximum atomic E-state index is 9.09. The predicted octanol–water partition coefficient (Wildman–Crippen LogP) is 3.30. The highest BCUT2D eigenvalue weighted by atomic mass is 16.5. The van der Waals surface area contributed by atoms with E-state index in [9.17, 15) is 0 Å². The Bertz CT molecular complexity index is 694. The van der Waals surface area contributed by atoms with Crippen LogP contribution in [0.4, 0.5) is 5.82 Å². The van der Waals surface area contributed by atoms with Crippen molar-refractivity contribution in [3.05, 3.63) is 59.3 Å². The van der Waals surface area contributed by atoms with E-state index in [1.165, 1.54) is 5.56 Å². The second kappa shape index (κ2) is 7.26. The molecule has 1 saturated heterocycles. The molecule has 1 atom stereocenters. The van der Waals surface area contributed by atoms with Crippen molar-refractivity contribution in [2.24, 2.45) is 5.92 Å². The Balaban J connectivity index is 1.52. The lowest BCUT2D eigenvalue weighted by atomic mass is 10.1. The molecule has 0 spiro atoms. The first-order chi connectivity index (χ1) is 11.2. The van der Waals surface area contributed by atoms with E-state index < -0.39 is 0 Å². The number of anilines is 1. The van der Waals surface area contributed by atoms with E-state index in [1.807, 2.05) is 37.3 Å². The van der Waals surface area contributed by atoms with Crippen LogP contribution in [0, 0.1) is 24.2 Å². The number of nitrogens with zero attached hydrogens (tertiary/aromatic N) is 3. The minimum atomic E-state index is 0.520. The van der Waals surface area contributed by atoms with Gasteiger partial charge in [0, 0.05) is 24.7 Å². The Morgan fingerprint density at radius 3 is 2.91 bits per heavy atom. The minimum Gasteiger partial charge on any atom is -0.376 e. The lowest BCUT2D eigenvalue weighted by Crippen LogP contribution is -2.22. The van der Waals surface area contributed by atoms with Gasteiger partial charge in [-0.1, -0.05) is 30.3 Å². The normalized spacial score (nSPS) is 17.2. The van der Waals surface area contributed by atoms with Gasteiger partial charge in [-0.3, -0.25) is 0 Å². The summed E-state index contributed by atoms with van der Waals surface area (Å²) in [7, 11) is 0. The van der Waals surface area contributed by atoms with Crippen LogP contribution < -0.4 is 4.90 Å². The zero-order chi connectivity index (χ0) is 16.1. The lowest BCUT2D eigenvalue weighted by Gasteiger charge is -2.18. The van der Waals surface area contributed by atoms with E-state index in [0.29, 0.717) is 18.1 Å². The summed E-state index contributed by atoms with van der Waals surface area (Å²) in [5.41, 5.74) is 2.78. The molecule has 118 valence electrons. The molecule has 1 aromatic heterocycles. The van der Waals surface area contributed by atoms with Crippen molar-refractivity contribution < 1.29 is 4.74 Å². The number of benzene rings is 1. The first kappa shape index (κ1) is 15.5. The van der Waals surface area contributed by atoms with E-state index >= 15 is 0 Å². The number of rotatable bonds is 5. The van der Waals surface area contributed by atoms with Gasteiger partial charge in [0.25, 0.3) is 0 Å². The van der Waals surface area contributed by atoms with Crippen LogP contribution in [0.3, 0.4) is 0 Å². The molecule has 2 heterocycles. The maximum absolute atomic E-state index is 9.09. The van der Waals surface area contributed by atoms with Gasteiger partial charge in [-0.05, 0) is 31.0 Å². The molecular formula is C19H21N3O. The Kier molecular flexibility index (Phi) is 4.89. The van der Waals surface area contributed by atoms with Crippen LogP contribution in [0.15, 0.2) is 42.5 Å². The maximum Gasteiger partial charge on any atom is 0.130 e. The average molecular weight is 307 g/mol. The van der Waals surface area contributed by atoms with Crippen LogP contribution in [0.1, 0.15) is 23.2 Å². The fourth-order valence-corrected chi connectivity index (χ4v) is 2.97. The summed E-state index contributed by atoms with van der Waals surface area (Å²) >= 11 is 0. The molecule has 0 N–H and O–H groups in total. The van der Waals surface area contributed by atoms with Crippen LogP contribution in [0.25, 0.3) is 0 Å². The highest BCUT2D eigenvalue weighted by molar-refractivity contribution is 5.47. The van der Waals surface area contributed by atoms with E-state index in [1.54, 1.807) is 0 Å². The van der Waals surface area contributed by atoms with Gasteiger partial charge in [0.2, 0.25) is 0 Å². The minimum absolute atomic E-state index is 0.520. The number of aromatic nitrogens is 1. The SMILES string of the molecule is Cc1cc(C#N)cc(N2CCC(COCc3ccccc3)C2)n1. The monoisotopic (exact) mass is 307 g/mol. The number of pyridine rings is 1. The Labute approximate surface area is 137 Å². The summed E-state index contributed by atoms with van der Waals surface area (Å²) in [5.74, 6) is 1.43. The average Bonchev–Trinajstić information content (AvgIpc) is 3.04. The van der Waals surface area contributed by atoms with E-state index in [4.69, 9.17) is 10.00 Å². The van der Waals surface area contributed by atoms with E-state index in [0.717, 1.165) is 37.6 Å². The van der Waals surface area contributed by atoms with Crippen molar-refractivity contribution in [3.8, 4) is 6.07 Å². The molecule has 1 fully saturated rings. The van der Waals surface area contributed by atoms with Gasteiger partial charge in [0.1, 0.15) is 5.82 Å². The van der Waals surface area contributed by atoms with Crippen LogP contribution in [-0.4, -0.2) is 24.7 Å². The zero-order valence-electron chi connectivity index (χ0n) is 13.4. The van der Waals surface area contributed by atoms with Crippen molar-refractivity contribution in [3.63, 3.8) is 0 Å². The molecule has 1 unspecified atom stereocenters. The van der Waals surface area contributed by atoms with E-state index in [-0.39, 0.29) is 0 Å². The van der Waals surface area contributed by atoms with Gasteiger partial charge in [-0.2, -0.15) is 5.26 Å². The number of aryl methyl sites for hydroxylation is 1. The van der Waals surface area contributed by atoms with Gasteiger partial charge in [0.05, 0.1) is 24.8 Å². The number of hydrogen-bond donors (Lipinski definition) is 0. The Morgan fingerprint density at radius 1 is 1.30 bits per heavy atom. The van der Waals surface area contributed by atoms with Crippen LogP contribution >= 0.6 is 0 Å². The first-order valence-corrected chi connectivity index (χ1v) is 8.00. The molecule has 4 heteroatoms. The Morgan fingerprint density at radius 2 is 2.13 bits per heavy atom. The topological polar surface area (TPSA) is 49.2 Å². The van der Waals surface area contributed by atoms with Gasteiger partial charge in [-0.25, -0.2) is 4.98 Å². The first-order valence-electron chi connectivity index (χ1n) is 8.00. The summed E-state index contributed by atoms with van der Waals surface area (Å²) in [6.45, 7) is 5.28. The fourth-order valence-electron chi connectivity index (χ4n) is 2.97. The van der Waals surface area contributed by atoms with Crippen molar-refractivity contribution >= 4 is 5.82 Å². The standard InChI is InChI=1S/C19H21N3O/c1-15-9-18(11-20)10-19(21-15)22-8-7-17(12-22)14-23-13-16-5-3-2-4-6-16/h2-6,9-10,17H,7-8,12-14H2,1H3. The molecule has 2 aromatic rings. The summed E-state index contributed by atoms with van der Waals surface area (Å²) in [5, 5.41) is 9.09. The Hall–Kier alpha value is -2.38. The van der Waals surface area contributed by atoms with Crippen LogP contribution in [0.2, 0.25) is 0 Å². The third kappa shape index (κ3) is 4.08. The molecular weight excluding hydrogens is 286 g/mol. The largest absolute Gasteiger partial charge is 0.376 e. The van der Waals surface area contributed by atoms with E-state index in [2.05, 4.69) is 28.1 Å². The molecule has 1 aliphatic rings. The van der Waals surface area contributed by atoms with Crippen LogP contribution in [0.5, 0.6) is 0 Å². The second-order valence-electron chi connectivity index (χ2n) is 6.07. The predicted molar refractivity (Wildman–Crippen MR) is 90.1 cm³/mol. The lowest BCUT2D eigenvalue weighted by molar-refractivity contribution is 0.0929. The van der Waals surface area contributed by atoms with Crippen molar-refractivity contribution in [2.75, 3.05) is 24.6 Å². The molecule has 0 aliphatic carbocycles. The third-order valence-corrected chi connectivity index (χ3v) is 4.14. The fraction of sp³-hybridized carbons (Fsp3) is 0.368. The van der Waals surface area contributed by atoms with Crippen LogP contribution in [-0.2, 0) is 11.3 Å². The van der Waals surface area contributed by atoms with Crippen molar-refractivity contribution in [2.45, 2.75) is 20.0 Å². The highest BCUT2D eigenvalue weighted by Gasteiger charge is 2.24. The van der Waals surface area contributed by atoms with Gasteiger partial charge in [-0.15, -0.1) is 0 Å². The molecule has 23 heavy (non-hydrogen) atoms. The highest BCUT2D eigenvalue weighted by Crippen LogP contribution is 2.24. The summed E-state index contributed by atoms with van der Waals surface area (Å²) in [4.78, 5) is 6.81. The molecule has 0 saturated carbocycles. The smallest absolute Gasteiger partial charge is 0.130 e. The molecule has 0 radical (unpaired) electrons. The number of hydrogen-bond acceptors (Lipinski definition) is 4. The summed E-state index contributed by atoms with van der Waals surface area (Å²) in [6.07, 6.45) is 1.10. The number of nitriles is 1. The third-order valence-electron chi connectivity index (χ3n) is 4.14. The molecule has 1 aromatic carbocycles. The molecule has 0 amide bonds. The van der Waals surface area contributed by atoms with Gasteiger partial charge >= 0.3 is 0 Å². The molecule has 0 bridgehead atoms. The number of ether oxygens (including phenoxy) is 1. The molecule has 1 aliphatic heterocycles. The van der Waals surface area contributed by atoms with Crippen molar-refractivity contribution in [1.82, 2.24) is 4.98 Å². The molecule has 4 nitrogen and oxygen atoms in total. The van der Waals surface area contributed by atoms with Gasteiger partial charge < -0.3 is 9.64 Å². The summed E-state index contributed by atoms with van der Waals surface area (Å²) < 4.78 is 5.86. The van der Waals surface area contributed by atoms with Gasteiger partial charge in [0.15, 0.2) is 0 Å². The van der Waals surface area contributed by atoms with Crippen molar-refractivity contribution in [1.29, 1.82) is 5.26 Å². The summed E-state index contributed by atoms with van der Waals surface area (Å²) in [6, 6.07) is 16.2. The second-order valence-corrected chi connectivity index (χ2v) is 6.07. The zero-order valence-corrected chi connectivity index (χ0v) is 13.4.